The Balaban J connectivity index is 1.97. The maximum Gasteiger partial charge on any atom is 0.271 e. The molecule has 0 unspecified atom stereocenters. The molecule has 1 amide bonds. The average Bonchev–Trinajstić information content (AvgIpc) is 2.58. The summed E-state index contributed by atoms with van der Waals surface area (Å²) in [4.78, 5) is 12.0. The van der Waals surface area contributed by atoms with Crippen LogP contribution in [-0.4, -0.2) is 23.8 Å². The molecule has 0 saturated heterocycles. The van der Waals surface area contributed by atoms with Gasteiger partial charge in [0, 0.05) is 5.56 Å². The molecule has 0 aromatic heterocycles. The molecule has 0 saturated carbocycles. The Hall–Kier alpha value is -1.86. The summed E-state index contributed by atoms with van der Waals surface area (Å²) in [5.74, 6) is 0.530. The predicted molar refractivity (Wildman–Crippen MR) is 101 cm³/mol. The highest BCUT2D eigenvalue weighted by molar-refractivity contribution is 9.11. The van der Waals surface area contributed by atoms with Gasteiger partial charge in [0.2, 0.25) is 0 Å². The third kappa shape index (κ3) is 5.07. The minimum atomic E-state index is -0.315. The molecule has 2 aromatic carbocycles. The van der Waals surface area contributed by atoms with Gasteiger partial charge in [-0.25, -0.2) is 5.43 Å². The van der Waals surface area contributed by atoms with Crippen LogP contribution in [0.4, 0.5) is 0 Å². The van der Waals surface area contributed by atoms with E-state index in [1.165, 1.54) is 6.21 Å². The van der Waals surface area contributed by atoms with Crippen molar-refractivity contribution in [1.29, 1.82) is 0 Å². The van der Waals surface area contributed by atoms with Gasteiger partial charge in [-0.2, -0.15) is 5.10 Å². The zero-order valence-corrected chi connectivity index (χ0v) is 16.1. The van der Waals surface area contributed by atoms with Crippen molar-refractivity contribution in [2.75, 3.05) is 6.61 Å². The molecule has 5 nitrogen and oxygen atoms in total. The molecule has 0 aliphatic rings. The Morgan fingerprint density at radius 2 is 1.88 bits per heavy atom. The highest BCUT2D eigenvalue weighted by atomic mass is 79.9. The van der Waals surface area contributed by atoms with Crippen LogP contribution in [0, 0.1) is 0 Å². The lowest BCUT2D eigenvalue weighted by molar-refractivity contribution is 0.0955. The number of hydrazone groups is 1. The van der Waals surface area contributed by atoms with Crippen LogP contribution in [0.25, 0.3) is 0 Å². The summed E-state index contributed by atoms with van der Waals surface area (Å²) in [5.41, 5.74) is 3.67. The largest absolute Gasteiger partial charge is 0.506 e. The fourth-order valence-corrected chi connectivity index (χ4v) is 3.03. The summed E-state index contributed by atoms with van der Waals surface area (Å²) in [5, 5.41) is 13.6. The summed E-state index contributed by atoms with van der Waals surface area (Å²) in [6.07, 6.45) is 2.42. The summed E-state index contributed by atoms with van der Waals surface area (Å²) >= 11 is 6.48. The molecule has 2 aromatic rings. The highest BCUT2D eigenvalue weighted by Gasteiger charge is 2.06. The Morgan fingerprint density at radius 3 is 2.46 bits per heavy atom. The SMILES string of the molecule is CCCOc1ccc(C(=O)N/N=C\c2cc(Br)c(O)c(Br)c2)cc1. The lowest BCUT2D eigenvalue weighted by atomic mass is 10.2. The first-order chi connectivity index (χ1) is 11.5. The van der Waals surface area contributed by atoms with E-state index in [0.717, 1.165) is 17.7 Å². The van der Waals surface area contributed by atoms with Gasteiger partial charge in [-0.3, -0.25) is 4.79 Å². The highest BCUT2D eigenvalue weighted by Crippen LogP contribution is 2.32. The van der Waals surface area contributed by atoms with Gasteiger partial charge in [0.15, 0.2) is 0 Å². The molecule has 0 atom stereocenters. The monoisotopic (exact) mass is 454 g/mol. The molecule has 0 heterocycles. The summed E-state index contributed by atoms with van der Waals surface area (Å²) in [6, 6.07) is 10.3. The van der Waals surface area contributed by atoms with Gasteiger partial charge in [0.05, 0.1) is 21.8 Å². The van der Waals surface area contributed by atoms with Gasteiger partial charge in [-0.15, -0.1) is 0 Å². The second kappa shape index (κ2) is 8.84. The normalized spacial score (nSPS) is 10.8. The van der Waals surface area contributed by atoms with E-state index >= 15 is 0 Å². The van der Waals surface area contributed by atoms with Crippen LogP contribution >= 0.6 is 31.9 Å². The molecule has 2 N–H and O–H groups in total. The van der Waals surface area contributed by atoms with Gasteiger partial charge < -0.3 is 9.84 Å². The van der Waals surface area contributed by atoms with E-state index in [4.69, 9.17) is 4.74 Å². The van der Waals surface area contributed by atoms with E-state index in [2.05, 4.69) is 42.4 Å². The molecule has 0 aliphatic carbocycles. The number of carbonyl (C=O) groups is 1. The zero-order valence-electron chi connectivity index (χ0n) is 12.9. The van der Waals surface area contributed by atoms with E-state index in [1.54, 1.807) is 36.4 Å². The number of rotatable bonds is 6. The smallest absolute Gasteiger partial charge is 0.271 e. The molecule has 0 aliphatic heterocycles. The van der Waals surface area contributed by atoms with Crippen molar-refractivity contribution >= 4 is 44.0 Å². The van der Waals surface area contributed by atoms with Gasteiger partial charge >= 0.3 is 0 Å². The Bertz CT molecular complexity index is 723. The third-order valence-corrected chi connectivity index (χ3v) is 4.22. The zero-order chi connectivity index (χ0) is 17.5. The van der Waals surface area contributed by atoms with Crippen LogP contribution in [0.3, 0.4) is 0 Å². The molecular weight excluding hydrogens is 440 g/mol. The number of phenolic OH excluding ortho intramolecular Hbond substituents is 1. The number of hydrogen-bond donors (Lipinski definition) is 2. The van der Waals surface area contributed by atoms with Gasteiger partial charge in [-0.05, 0) is 80.2 Å². The van der Waals surface area contributed by atoms with E-state index < -0.39 is 0 Å². The number of phenols is 1. The van der Waals surface area contributed by atoms with Crippen molar-refractivity contribution in [1.82, 2.24) is 5.43 Å². The first-order valence-electron chi connectivity index (χ1n) is 7.25. The first-order valence-corrected chi connectivity index (χ1v) is 8.84. The second-order valence-corrected chi connectivity index (χ2v) is 6.61. The quantitative estimate of drug-likeness (QED) is 0.498. The number of nitrogens with zero attached hydrogens (tertiary/aromatic N) is 1. The fourth-order valence-electron chi connectivity index (χ4n) is 1.81. The number of carbonyl (C=O) groups excluding carboxylic acids is 1. The van der Waals surface area contributed by atoms with Gasteiger partial charge in [-0.1, -0.05) is 6.92 Å². The van der Waals surface area contributed by atoms with Crippen molar-refractivity contribution in [3.63, 3.8) is 0 Å². The maximum atomic E-state index is 12.0. The molecule has 24 heavy (non-hydrogen) atoms. The van der Waals surface area contributed by atoms with E-state index in [9.17, 15) is 9.90 Å². The molecule has 2 rings (SSSR count). The van der Waals surface area contributed by atoms with E-state index in [0.29, 0.717) is 21.1 Å². The lowest BCUT2D eigenvalue weighted by Gasteiger charge is -2.05. The Labute approximate surface area is 157 Å². The minimum absolute atomic E-state index is 0.113. The number of nitrogens with one attached hydrogen (secondary N) is 1. The van der Waals surface area contributed by atoms with Crippen molar-refractivity contribution < 1.29 is 14.6 Å². The molecular formula is C17H16Br2N2O3. The van der Waals surface area contributed by atoms with Crippen molar-refractivity contribution in [3.05, 3.63) is 56.5 Å². The first kappa shape index (κ1) is 18.5. The lowest BCUT2D eigenvalue weighted by Crippen LogP contribution is -2.17. The van der Waals surface area contributed by atoms with Crippen molar-refractivity contribution in [2.45, 2.75) is 13.3 Å². The summed E-state index contributed by atoms with van der Waals surface area (Å²) < 4.78 is 6.54. The summed E-state index contributed by atoms with van der Waals surface area (Å²) in [6.45, 7) is 2.68. The number of hydrogen-bond acceptors (Lipinski definition) is 4. The van der Waals surface area contributed by atoms with Crippen LogP contribution in [0.15, 0.2) is 50.4 Å². The second-order valence-electron chi connectivity index (χ2n) is 4.91. The number of amides is 1. The molecule has 0 spiro atoms. The van der Waals surface area contributed by atoms with Crippen molar-refractivity contribution in [3.8, 4) is 11.5 Å². The number of halogens is 2. The maximum absolute atomic E-state index is 12.0. The third-order valence-electron chi connectivity index (χ3n) is 3.01. The van der Waals surface area contributed by atoms with Gasteiger partial charge in [0.25, 0.3) is 5.91 Å². The van der Waals surface area contributed by atoms with E-state index in [1.807, 2.05) is 6.92 Å². The molecule has 126 valence electrons. The van der Waals surface area contributed by atoms with Gasteiger partial charge in [0.1, 0.15) is 11.5 Å². The Kier molecular flexibility index (Phi) is 6.81. The van der Waals surface area contributed by atoms with Crippen LogP contribution in [-0.2, 0) is 0 Å². The number of benzene rings is 2. The summed E-state index contributed by atoms with van der Waals surface area (Å²) in [7, 11) is 0. The minimum Gasteiger partial charge on any atom is -0.506 e. The van der Waals surface area contributed by atoms with Crippen LogP contribution in [0.5, 0.6) is 11.5 Å². The fraction of sp³-hybridized carbons (Fsp3) is 0.176. The van der Waals surface area contributed by atoms with Crippen LogP contribution in [0.1, 0.15) is 29.3 Å². The predicted octanol–water partition coefficient (Wildman–Crippen LogP) is 4.47. The molecule has 0 radical (unpaired) electrons. The van der Waals surface area contributed by atoms with Crippen LogP contribution < -0.4 is 10.2 Å². The average molecular weight is 456 g/mol. The van der Waals surface area contributed by atoms with Crippen LogP contribution in [0.2, 0.25) is 0 Å². The number of aromatic hydroxyl groups is 1. The Morgan fingerprint density at radius 1 is 1.25 bits per heavy atom. The van der Waals surface area contributed by atoms with Crippen molar-refractivity contribution in [2.24, 2.45) is 5.10 Å². The topological polar surface area (TPSA) is 70.9 Å². The van der Waals surface area contributed by atoms with E-state index in [-0.39, 0.29) is 11.7 Å². The standard InChI is InChI=1S/C17H16Br2N2O3/c1-2-7-24-13-5-3-12(4-6-13)17(23)21-20-10-11-8-14(18)16(22)15(19)9-11/h3-6,8-10,22H,2,7H2,1H3,(H,21,23)/b20-10-. The molecule has 0 bridgehead atoms. The number of ether oxygens (including phenoxy) is 1. The molecule has 7 heteroatoms. The molecule has 0 fully saturated rings.